The number of benzene rings is 1. The second-order valence-corrected chi connectivity index (χ2v) is 6.37. The first-order valence-electron chi connectivity index (χ1n) is 9.12. The molecule has 0 aromatic heterocycles. The van der Waals surface area contributed by atoms with Crippen LogP contribution in [0.1, 0.15) is 39.2 Å². The maximum atomic E-state index is 11.9. The molecule has 2 amide bonds. The summed E-state index contributed by atoms with van der Waals surface area (Å²) in [7, 11) is 2.11. The molecule has 0 aliphatic heterocycles. The monoisotopic (exact) mass is 361 g/mol. The Morgan fingerprint density at radius 1 is 1.19 bits per heavy atom. The summed E-state index contributed by atoms with van der Waals surface area (Å²) in [6, 6.07) is 7.57. The molecule has 144 valence electrons. The minimum absolute atomic E-state index is 0.211. The number of carbonyl (C=O) groups excluding carboxylic acids is 2. The summed E-state index contributed by atoms with van der Waals surface area (Å²) in [6.45, 7) is 8.14. The van der Waals surface area contributed by atoms with Crippen molar-refractivity contribution in [3.63, 3.8) is 0 Å². The number of rotatable bonds is 10. The second kappa shape index (κ2) is 12.1. The van der Waals surface area contributed by atoms with E-state index >= 15 is 0 Å². The van der Waals surface area contributed by atoms with E-state index in [-0.39, 0.29) is 12.0 Å². The number of urea groups is 1. The van der Waals surface area contributed by atoms with Crippen molar-refractivity contribution < 1.29 is 14.3 Å². The van der Waals surface area contributed by atoms with E-state index in [0.29, 0.717) is 24.9 Å². The molecule has 1 aromatic rings. The van der Waals surface area contributed by atoms with E-state index in [2.05, 4.69) is 36.4 Å². The Hall–Kier alpha value is -2.34. The Morgan fingerprint density at radius 2 is 1.88 bits per heavy atom. The molecule has 0 unspecified atom stereocenters. The molecular formula is C20H31N3O3. The summed E-state index contributed by atoms with van der Waals surface area (Å²) in [5.74, 6) is -0.367. The minimum Gasteiger partial charge on any atom is -0.463 e. The molecule has 0 atom stereocenters. The van der Waals surface area contributed by atoms with Gasteiger partial charge in [-0.05, 0) is 71.0 Å². The van der Waals surface area contributed by atoms with Gasteiger partial charge in [0.2, 0.25) is 0 Å². The Kier molecular flexibility index (Phi) is 10.1. The number of unbranched alkanes of at least 4 members (excludes halogenated alkanes) is 1. The summed E-state index contributed by atoms with van der Waals surface area (Å²) in [5.41, 5.74) is 1.56. The molecule has 0 spiro atoms. The smallest absolute Gasteiger partial charge is 0.330 e. The highest BCUT2D eigenvalue weighted by molar-refractivity contribution is 5.90. The third-order valence-electron chi connectivity index (χ3n) is 3.97. The maximum Gasteiger partial charge on any atom is 0.330 e. The van der Waals surface area contributed by atoms with Gasteiger partial charge in [0.1, 0.15) is 0 Å². The maximum absolute atomic E-state index is 11.9. The molecule has 0 radical (unpaired) electrons. The fourth-order valence-electron chi connectivity index (χ4n) is 2.15. The first-order valence-corrected chi connectivity index (χ1v) is 9.12. The van der Waals surface area contributed by atoms with Crippen LogP contribution >= 0.6 is 0 Å². The molecule has 26 heavy (non-hydrogen) atoms. The zero-order chi connectivity index (χ0) is 19.4. The van der Waals surface area contributed by atoms with Crippen molar-refractivity contribution >= 4 is 23.8 Å². The van der Waals surface area contributed by atoms with Crippen LogP contribution in [-0.2, 0) is 9.53 Å². The lowest BCUT2D eigenvalue weighted by Gasteiger charge is -2.20. The number of carbonyl (C=O) groups is 2. The largest absolute Gasteiger partial charge is 0.463 e. The molecule has 1 aromatic carbocycles. The Labute approximate surface area is 156 Å². The van der Waals surface area contributed by atoms with Gasteiger partial charge in [0, 0.05) is 24.4 Å². The summed E-state index contributed by atoms with van der Waals surface area (Å²) >= 11 is 0. The Bertz CT molecular complexity index is 582. The average molecular weight is 361 g/mol. The van der Waals surface area contributed by atoms with Crippen LogP contribution in [0.5, 0.6) is 0 Å². The molecule has 2 N–H and O–H groups in total. The molecule has 0 bridgehead atoms. The van der Waals surface area contributed by atoms with Crippen molar-refractivity contribution in [3.8, 4) is 0 Å². The minimum atomic E-state index is -0.367. The molecule has 0 saturated heterocycles. The number of nitrogens with one attached hydrogen (secondary N) is 2. The molecule has 0 aliphatic carbocycles. The van der Waals surface area contributed by atoms with Gasteiger partial charge in [-0.25, -0.2) is 9.59 Å². The summed E-state index contributed by atoms with van der Waals surface area (Å²) in [5, 5.41) is 5.66. The van der Waals surface area contributed by atoms with Gasteiger partial charge in [-0.3, -0.25) is 0 Å². The van der Waals surface area contributed by atoms with Crippen molar-refractivity contribution in [1.82, 2.24) is 10.2 Å². The van der Waals surface area contributed by atoms with Crippen LogP contribution in [0.2, 0.25) is 0 Å². The summed E-state index contributed by atoms with van der Waals surface area (Å²) in [6.07, 6.45) is 5.06. The summed E-state index contributed by atoms with van der Waals surface area (Å²) < 4.78 is 4.83. The van der Waals surface area contributed by atoms with Gasteiger partial charge in [-0.1, -0.05) is 12.1 Å². The van der Waals surface area contributed by atoms with Crippen molar-refractivity contribution in [2.75, 3.05) is 32.1 Å². The van der Waals surface area contributed by atoms with Crippen LogP contribution in [-0.4, -0.2) is 49.7 Å². The van der Waals surface area contributed by atoms with Crippen LogP contribution < -0.4 is 10.6 Å². The van der Waals surface area contributed by atoms with Gasteiger partial charge in [-0.15, -0.1) is 0 Å². The van der Waals surface area contributed by atoms with Crippen molar-refractivity contribution in [3.05, 3.63) is 35.9 Å². The molecule has 6 heteroatoms. The van der Waals surface area contributed by atoms with Gasteiger partial charge in [0.25, 0.3) is 0 Å². The lowest BCUT2D eigenvalue weighted by molar-refractivity contribution is -0.137. The topological polar surface area (TPSA) is 70.7 Å². The van der Waals surface area contributed by atoms with E-state index in [1.54, 1.807) is 25.1 Å². The first-order chi connectivity index (χ1) is 12.4. The highest BCUT2D eigenvalue weighted by atomic mass is 16.5. The third kappa shape index (κ3) is 9.22. The van der Waals surface area contributed by atoms with E-state index in [9.17, 15) is 9.59 Å². The van der Waals surface area contributed by atoms with Crippen molar-refractivity contribution in [2.24, 2.45) is 0 Å². The number of hydrogen-bond acceptors (Lipinski definition) is 4. The first kappa shape index (κ1) is 21.7. The van der Waals surface area contributed by atoms with E-state index in [1.807, 2.05) is 12.1 Å². The zero-order valence-corrected chi connectivity index (χ0v) is 16.2. The third-order valence-corrected chi connectivity index (χ3v) is 3.97. The molecular weight excluding hydrogens is 330 g/mol. The van der Waals surface area contributed by atoms with Gasteiger partial charge in [0.15, 0.2) is 0 Å². The zero-order valence-electron chi connectivity index (χ0n) is 16.2. The number of ether oxygens (including phenoxy) is 1. The van der Waals surface area contributed by atoms with E-state index < -0.39 is 0 Å². The lowest BCUT2D eigenvalue weighted by atomic mass is 10.2. The Balaban J connectivity index is 2.29. The van der Waals surface area contributed by atoms with Gasteiger partial charge < -0.3 is 20.3 Å². The van der Waals surface area contributed by atoms with E-state index in [0.717, 1.165) is 24.9 Å². The van der Waals surface area contributed by atoms with Crippen LogP contribution in [0.4, 0.5) is 10.5 Å². The predicted molar refractivity (Wildman–Crippen MR) is 106 cm³/mol. The average Bonchev–Trinajstić information content (AvgIpc) is 2.60. The highest BCUT2D eigenvalue weighted by Gasteiger charge is 2.03. The fourth-order valence-corrected chi connectivity index (χ4v) is 2.15. The van der Waals surface area contributed by atoms with E-state index in [1.165, 1.54) is 6.08 Å². The quantitative estimate of drug-likeness (QED) is 0.380. The van der Waals surface area contributed by atoms with Gasteiger partial charge in [0.05, 0.1) is 6.61 Å². The molecule has 0 saturated carbocycles. The molecule has 0 aliphatic rings. The van der Waals surface area contributed by atoms with Crippen molar-refractivity contribution in [2.45, 2.75) is 39.7 Å². The van der Waals surface area contributed by atoms with Crippen molar-refractivity contribution in [1.29, 1.82) is 0 Å². The standard InChI is InChI=1S/C20H31N3O3/c1-5-26-19(24)13-10-17-8-11-18(12-9-17)22-20(25)21-14-6-7-15-23(4)16(2)3/h8-13,16H,5-7,14-15H2,1-4H3,(H2,21,22,25)/b13-10+. The molecule has 0 heterocycles. The summed E-state index contributed by atoms with van der Waals surface area (Å²) in [4.78, 5) is 25.4. The number of hydrogen-bond donors (Lipinski definition) is 2. The molecule has 1 rings (SSSR count). The number of esters is 1. The Morgan fingerprint density at radius 3 is 2.50 bits per heavy atom. The van der Waals surface area contributed by atoms with E-state index in [4.69, 9.17) is 4.74 Å². The SMILES string of the molecule is CCOC(=O)/C=C/c1ccc(NC(=O)NCCCCN(C)C(C)C)cc1. The van der Waals surface area contributed by atoms with Gasteiger partial charge in [-0.2, -0.15) is 0 Å². The second-order valence-electron chi connectivity index (χ2n) is 6.37. The predicted octanol–water partition coefficient (Wildman–Crippen LogP) is 3.50. The van der Waals surface area contributed by atoms with Crippen LogP contribution in [0, 0.1) is 0 Å². The number of anilines is 1. The lowest BCUT2D eigenvalue weighted by Crippen LogP contribution is -2.31. The van der Waals surface area contributed by atoms with Crippen LogP contribution in [0.15, 0.2) is 30.3 Å². The fraction of sp³-hybridized carbons (Fsp3) is 0.500. The molecule has 6 nitrogen and oxygen atoms in total. The van der Waals surface area contributed by atoms with Crippen LogP contribution in [0.25, 0.3) is 6.08 Å². The molecule has 0 fully saturated rings. The van der Waals surface area contributed by atoms with Crippen LogP contribution in [0.3, 0.4) is 0 Å². The number of amides is 2. The number of nitrogens with zero attached hydrogens (tertiary/aromatic N) is 1. The normalized spacial score (nSPS) is 11.2. The van der Waals surface area contributed by atoms with Gasteiger partial charge >= 0.3 is 12.0 Å². The highest BCUT2D eigenvalue weighted by Crippen LogP contribution is 2.10.